The Balaban J connectivity index is 2.07. The Morgan fingerprint density at radius 2 is 2.44 bits per heavy atom. The second-order valence-electron chi connectivity index (χ2n) is 3.86. The summed E-state index contributed by atoms with van der Waals surface area (Å²) in [5.41, 5.74) is 0. The van der Waals surface area contributed by atoms with Gasteiger partial charge in [0.1, 0.15) is 0 Å². The summed E-state index contributed by atoms with van der Waals surface area (Å²) in [6.07, 6.45) is 3.32. The molecule has 0 aliphatic carbocycles. The fourth-order valence-electron chi connectivity index (χ4n) is 1.70. The maximum Gasteiger partial charge on any atom is 0.251 e. The average Bonchev–Trinajstić information content (AvgIpc) is 2.66. The topological polar surface area (TPSA) is 71.1 Å². The van der Waals surface area contributed by atoms with Crippen LogP contribution in [0.2, 0.25) is 0 Å². The Morgan fingerprint density at radius 3 is 3.00 bits per heavy atom. The molecule has 1 aliphatic heterocycles. The molecule has 0 amide bonds. The first kappa shape index (κ1) is 12.0. The lowest BCUT2D eigenvalue weighted by molar-refractivity contribution is 0.429. The largest absolute Gasteiger partial charge is 0.315 e. The third kappa shape index (κ3) is 2.79. The van der Waals surface area contributed by atoms with Crippen LogP contribution < -0.4 is 10.0 Å². The number of rotatable bonds is 3. The molecule has 1 saturated heterocycles. The number of hydrogen-bond acceptors (Lipinski definition) is 5. The summed E-state index contributed by atoms with van der Waals surface area (Å²) in [5.74, 6) is 0. The van der Waals surface area contributed by atoms with Crippen molar-refractivity contribution in [2.75, 3.05) is 13.1 Å². The molecule has 1 aromatic heterocycles. The van der Waals surface area contributed by atoms with Crippen molar-refractivity contribution < 1.29 is 8.42 Å². The first-order valence-corrected chi connectivity index (χ1v) is 7.53. The molecule has 0 saturated carbocycles. The van der Waals surface area contributed by atoms with Crippen LogP contribution in [0.3, 0.4) is 0 Å². The van der Waals surface area contributed by atoms with E-state index in [1.165, 1.54) is 17.5 Å². The highest BCUT2D eigenvalue weighted by molar-refractivity contribution is 7.91. The first-order valence-electron chi connectivity index (χ1n) is 5.23. The van der Waals surface area contributed by atoms with Gasteiger partial charge in [-0.05, 0) is 26.3 Å². The van der Waals surface area contributed by atoms with Crippen molar-refractivity contribution >= 4 is 21.4 Å². The smallest absolute Gasteiger partial charge is 0.251 e. The van der Waals surface area contributed by atoms with Gasteiger partial charge in [-0.2, -0.15) is 0 Å². The summed E-state index contributed by atoms with van der Waals surface area (Å²) in [6.45, 7) is 3.47. The van der Waals surface area contributed by atoms with Crippen molar-refractivity contribution in [2.24, 2.45) is 0 Å². The van der Waals surface area contributed by atoms with E-state index in [-0.39, 0.29) is 6.04 Å². The van der Waals surface area contributed by atoms with Crippen LogP contribution in [0, 0.1) is 6.92 Å². The van der Waals surface area contributed by atoms with Crippen molar-refractivity contribution in [1.82, 2.24) is 15.0 Å². The maximum atomic E-state index is 11.9. The van der Waals surface area contributed by atoms with Gasteiger partial charge in [-0.3, -0.25) is 0 Å². The van der Waals surface area contributed by atoms with Crippen LogP contribution in [-0.2, 0) is 10.0 Å². The van der Waals surface area contributed by atoms with Crippen LogP contribution in [0.15, 0.2) is 10.4 Å². The zero-order valence-corrected chi connectivity index (χ0v) is 10.7. The predicted molar refractivity (Wildman–Crippen MR) is 63.1 cm³/mol. The van der Waals surface area contributed by atoms with E-state index in [0.717, 1.165) is 24.4 Å². The minimum absolute atomic E-state index is 0.00107. The quantitative estimate of drug-likeness (QED) is 0.830. The van der Waals surface area contributed by atoms with E-state index in [2.05, 4.69) is 15.0 Å². The molecule has 0 unspecified atom stereocenters. The number of sulfonamides is 1. The molecule has 0 bridgehead atoms. The Hall–Kier alpha value is -0.500. The Kier molecular flexibility index (Phi) is 3.58. The molecule has 0 spiro atoms. The molecule has 1 aliphatic rings. The molecule has 90 valence electrons. The van der Waals surface area contributed by atoms with Crippen LogP contribution in [0.25, 0.3) is 0 Å². The molecule has 1 fully saturated rings. The lowest BCUT2D eigenvalue weighted by Gasteiger charge is -2.23. The van der Waals surface area contributed by atoms with Crippen molar-refractivity contribution in [1.29, 1.82) is 0 Å². The summed E-state index contributed by atoms with van der Waals surface area (Å²) < 4.78 is 26.9. The van der Waals surface area contributed by atoms with Crippen molar-refractivity contribution in [2.45, 2.75) is 30.0 Å². The van der Waals surface area contributed by atoms with Crippen molar-refractivity contribution in [3.8, 4) is 0 Å². The van der Waals surface area contributed by atoms with Gasteiger partial charge in [0.2, 0.25) is 0 Å². The molecule has 2 heterocycles. The summed E-state index contributed by atoms with van der Waals surface area (Å²) >= 11 is 1.20. The number of hydrogen-bond donors (Lipinski definition) is 2. The fraction of sp³-hybridized carbons (Fsp3) is 0.667. The van der Waals surface area contributed by atoms with Crippen LogP contribution in [0.4, 0.5) is 0 Å². The van der Waals surface area contributed by atoms with E-state index in [1.54, 1.807) is 6.92 Å². The highest BCUT2D eigenvalue weighted by Gasteiger charge is 2.23. The lowest BCUT2D eigenvalue weighted by Crippen LogP contribution is -2.45. The molecule has 16 heavy (non-hydrogen) atoms. The van der Waals surface area contributed by atoms with Crippen molar-refractivity contribution in [3.05, 3.63) is 11.2 Å². The van der Waals surface area contributed by atoms with Gasteiger partial charge in [0.05, 0.1) is 11.2 Å². The van der Waals surface area contributed by atoms with Crippen LogP contribution in [0.5, 0.6) is 0 Å². The molecular weight excluding hydrogens is 246 g/mol. The van der Waals surface area contributed by atoms with E-state index in [0.29, 0.717) is 10.8 Å². The second-order valence-corrected chi connectivity index (χ2v) is 7.04. The van der Waals surface area contributed by atoms with Crippen LogP contribution in [0.1, 0.15) is 17.8 Å². The molecule has 7 heteroatoms. The van der Waals surface area contributed by atoms with Gasteiger partial charge in [0, 0.05) is 12.6 Å². The first-order chi connectivity index (χ1) is 7.58. The minimum atomic E-state index is -3.37. The summed E-state index contributed by atoms with van der Waals surface area (Å²) in [7, 11) is -3.37. The van der Waals surface area contributed by atoms with E-state index >= 15 is 0 Å². The summed E-state index contributed by atoms with van der Waals surface area (Å²) in [5, 5.41) is 3.94. The zero-order chi connectivity index (χ0) is 11.6. The lowest BCUT2D eigenvalue weighted by atomic mass is 10.1. The fourth-order valence-corrected chi connectivity index (χ4v) is 4.09. The molecule has 0 aromatic carbocycles. The van der Waals surface area contributed by atoms with Gasteiger partial charge < -0.3 is 5.32 Å². The molecule has 5 nitrogen and oxygen atoms in total. The normalized spacial score (nSPS) is 22.2. The van der Waals surface area contributed by atoms with Gasteiger partial charge in [-0.1, -0.05) is 0 Å². The van der Waals surface area contributed by atoms with Crippen LogP contribution >= 0.6 is 11.3 Å². The third-order valence-electron chi connectivity index (χ3n) is 2.48. The molecule has 1 aromatic rings. The van der Waals surface area contributed by atoms with Gasteiger partial charge in [-0.25, -0.2) is 18.1 Å². The number of aryl methyl sites for hydroxylation is 1. The van der Waals surface area contributed by atoms with Crippen LogP contribution in [-0.4, -0.2) is 32.5 Å². The summed E-state index contributed by atoms with van der Waals surface area (Å²) in [4.78, 5) is 3.96. The number of piperidine rings is 1. The predicted octanol–water partition coefficient (Wildman–Crippen LogP) is 0.482. The number of aromatic nitrogens is 1. The van der Waals surface area contributed by atoms with E-state index < -0.39 is 10.0 Å². The van der Waals surface area contributed by atoms with Crippen molar-refractivity contribution in [3.63, 3.8) is 0 Å². The Labute approximate surface area is 99.3 Å². The number of nitrogens with zero attached hydrogens (tertiary/aromatic N) is 1. The molecule has 2 rings (SSSR count). The summed E-state index contributed by atoms with van der Waals surface area (Å²) in [6, 6.07) is 0.00107. The highest BCUT2D eigenvalue weighted by Crippen LogP contribution is 2.18. The minimum Gasteiger partial charge on any atom is -0.315 e. The highest BCUT2D eigenvalue weighted by atomic mass is 32.2. The Bertz CT molecular complexity index is 449. The standard InChI is InChI=1S/C9H15N3O2S2/c1-7-11-6-9(15-7)16(13,14)12-8-3-2-4-10-5-8/h6,8,10,12H,2-5H2,1H3/t8-/m0/s1. The van der Waals surface area contributed by atoms with Gasteiger partial charge >= 0.3 is 0 Å². The molecule has 1 atom stereocenters. The Morgan fingerprint density at radius 1 is 1.62 bits per heavy atom. The SMILES string of the molecule is Cc1ncc(S(=O)(=O)N[C@H]2CCCNC2)s1. The maximum absolute atomic E-state index is 11.9. The van der Waals surface area contributed by atoms with E-state index in [4.69, 9.17) is 0 Å². The monoisotopic (exact) mass is 261 g/mol. The van der Waals surface area contributed by atoms with E-state index in [1.807, 2.05) is 0 Å². The third-order valence-corrected chi connectivity index (χ3v) is 5.38. The number of nitrogens with one attached hydrogen (secondary N) is 2. The number of thiazole rings is 1. The van der Waals surface area contributed by atoms with Gasteiger partial charge in [0.25, 0.3) is 10.0 Å². The molecular formula is C9H15N3O2S2. The second kappa shape index (κ2) is 4.79. The average molecular weight is 261 g/mol. The van der Waals surface area contributed by atoms with Gasteiger partial charge in [-0.15, -0.1) is 11.3 Å². The molecule has 0 radical (unpaired) electrons. The van der Waals surface area contributed by atoms with Gasteiger partial charge in [0.15, 0.2) is 4.21 Å². The van der Waals surface area contributed by atoms with E-state index in [9.17, 15) is 8.42 Å². The zero-order valence-electron chi connectivity index (χ0n) is 9.06. The molecule has 2 N–H and O–H groups in total.